The number of aryl methyl sites for hydroxylation is 2. The number of nitrogens with one attached hydrogen (secondary N) is 1. The first-order valence-electron chi connectivity index (χ1n) is 12.9. The van der Waals surface area contributed by atoms with Crippen LogP contribution in [0, 0.1) is 12.3 Å². The van der Waals surface area contributed by atoms with Gasteiger partial charge in [-0.25, -0.2) is 15.0 Å². The zero-order chi connectivity index (χ0) is 25.1. The Balaban J connectivity index is 1.14. The Morgan fingerprint density at radius 2 is 2.00 bits per heavy atom. The second-order valence-corrected chi connectivity index (χ2v) is 10.4. The number of aromatic nitrogens is 7. The summed E-state index contributed by atoms with van der Waals surface area (Å²) in [7, 11) is 0. The summed E-state index contributed by atoms with van der Waals surface area (Å²) in [6.45, 7) is 7.20. The van der Waals surface area contributed by atoms with Gasteiger partial charge in [0.1, 0.15) is 11.5 Å². The van der Waals surface area contributed by atoms with Crippen LogP contribution >= 0.6 is 0 Å². The van der Waals surface area contributed by atoms with Crippen LogP contribution < -0.4 is 15.5 Å². The number of nitrogens with zero attached hydrogens (tertiary/aromatic N) is 8. The minimum Gasteiger partial charge on any atom is -0.376 e. The van der Waals surface area contributed by atoms with Gasteiger partial charge in [0, 0.05) is 38.0 Å². The number of rotatable bonds is 3. The highest BCUT2D eigenvalue weighted by Gasteiger charge is 2.47. The molecule has 3 aliphatic rings. The van der Waals surface area contributed by atoms with Crippen LogP contribution in [0.25, 0.3) is 22.7 Å². The quantitative estimate of drug-likeness (QED) is 0.426. The Hall–Kier alpha value is -3.64. The normalized spacial score (nSPS) is 23.2. The Morgan fingerprint density at radius 3 is 2.76 bits per heavy atom. The molecule has 37 heavy (non-hydrogen) atoms. The van der Waals surface area contributed by atoms with Crippen LogP contribution in [-0.4, -0.2) is 73.7 Å². The molecular formula is C25H30N10O2. The minimum absolute atomic E-state index is 0.0761. The highest BCUT2D eigenvalue weighted by molar-refractivity contribution is 5.87. The summed E-state index contributed by atoms with van der Waals surface area (Å²) in [6, 6.07) is 4.06. The number of hydrogen-bond donors (Lipinski definition) is 2. The summed E-state index contributed by atoms with van der Waals surface area (Å²) in [5.41, 5.74) is 10.7. The zero-order valence-electron chi connectivity index (χ0n) is 21.0. The Morgan fingerprint density at radius 1 is 1.14 bits per heavy atom. The van der Waals surface area contributed by atoms with Crippen LogP contribution in [0.3, 0.4) is 0 Å². The summed E-state index contributed by atoms with van der Waals surface area (Å²) in [6.07, 6.45) is 5.80. The third-order valence-corrected chi connectivity index (χ3v) is 8.22. The molecule has 3 aliphatic heterocycles. The minimum atomic E-state index is 0.0761. The van der Waals surface area contributed by atoms with Gasteiger partial charge < -0.3 is 24.8 Å². The first kappa shape index (κ1) is 22.5. The summed E-state index contributed by atoms with van der Waals surface area (Å²) >= 11 is 0. The fourth-order valence-electron chi connectivity index (χ4n) is 5.97. The standard InChI is InChI=1S/C25H30N10O2/c1-14-21(26)25(13-36-14)7-10-34(11-8-25)19-12-27-20-23(30-19)31-32-24(20)35-9-3-4-16-18(35)6-5-17(29-16)22-28-15(2)37-33-22/h5-6,12,14,21H,3-4,7-11,13,26H2,1-2H3,(H,30,31,32)/t14-,21+/m0/s1. The van der Waals surface area contributed by atoms with E-state index in [2.05, 4.69) is 37.1 Å². The van der Waals surface area contributed by atoms with Crippen molar-refractivity contribution >= 4 is 28.5 Å². The first-order chi connectivity index (χ1) is 18.0. The molecule has 0 bridgehead atoms. The van der Waals surface area contributed by atoms with Crippen molar-refractivity contribution in [3.05, 3.63) is 29.9 Å². The predicted molar refractivity (Wildman–Crippen MR) is 137 cm³/mol. The molecule has 4 aromatic rings. The highest BCUT2D eigenvalue weighted by Crippen LogP contribution is 2.42. The second-order valence-electron chi connectivity index (χ2n) is 10.4. The van der Waals surface area contributed by atoms with E-state index in [1.807, 2.05) is 18.3 Å². The molecule has 2 saturated heterocycles. The highest BCUT2D eigenvalue weighted by atomic mass is 16.5. The maximum atomic E-state index is 6.49. The van der Waals surface area contributed by atoms with E-state index in [4.69, 9.17) is 29.9 Å². The SMILES string of the molecule is Cc1nc(-c2ccc3c(n2)CCCN3c2n[nH]c3nc(N4CCC5(CC4)CO[C@@H](C)[C@H]5N)cnc23)no1. The van der Waals surface area contributed by atoms with Crippen molar-refractivity contribution in [3.63, 3.8) is 0 Å². The monoisotopic (exact) mass is 502 g/mol. The number of H-pyrrole nitrogens is 1. The molecule has 0 radical (unpaired) electrons. The van der Waals surface area contributed by atoms with Gasteiger partial charge in [0.15, 0.2) is 17.0 Å². The molecule has 7 rings (SSSR count). The number of aromatic amines is 1. The van der Waals surface area contributed by atoms with E-state index < -0.39 is 0 Å². The molecule has 0 saturated carbocycles. The molecule has 2 atom stereocenters. The lowest BCUT2D eigenvalue weighted by atomic mass is 9.73. The van der Waals surface area contributed by atoms with Gasteiger partial charge in [-0.2, -0.15) is 10.1 Å². The van der Waals surface area contributed by atoms with Crippen molar-refractivity contribution in [1.29, 1.82) is 0 Å². The Bertz CT molecular complexity index is 1460. The molecule has 4 aromatic heterocycles. The van der Waals surface area contributed by atoms with Gasteiger partial charge >= 0.3 is 0 Å². The smallest absolute Gasteiger partial charge is 0.223 e. The van der Waals surface area contributed by atoms with Crippen LogP contribution in [0.2, 0.25) is 0 Å². The summed E-state index contributed by atoms with van der Waals surface area (Å²) in [4.78, 5) is 23.3. The second kappa shape index (κ2) is 8.45. The van der Waals surface area contributed by atoms with Crippen molar-refractivity contribution in [1.82, 2.24) is 35.3 Å². The molecule has 0 aliphatic carbocycles. The van der Waals surface area contributed by atoms with Crippen LogP contribution in [0.15, 0.2) is 22.9 Å². The average Bonchev–Trinajstić information content (AvgIpc) is 3.63. The van der Waals surface area contributed by atoms with Gasteiger partial charge in [-0.3, -0.25) is 5.10 Å². The van der Waals surface area contributed by atoms with Crippen LogP contribution in [0.1, 0.15) is 37.8 Å². The lowest BCUT2D eigenvalue weighted by Gasteiger charge is -2.41. The van der Waals surface area contributed by atoms with E-state index in [1.54, 1.807) is 6.92 Å². The lowest BCUT2D eigenvalue weighted by molar-refractivity contribution is 0.0974. The maximum Gasteiger partial charge on any atom is 0.223 e. The van der Waals surface area contributed by atoms with Gasteiger partial charge in [0.2, 0.25) is 11.7 Å². The topological polar surface area (TPSA) is 148 Å². The number of ether oxygens (including phenoxy) is 1. The van der Waals surface area contributed by atoms with E-state index in [-0.39, 0.29) is 17.6 Å². The fourth-order valence-corrected chi connectivity index (χ4v) is 5.97. The number of hydrogen-bond acceptors (Lipinski definition) is 11. The van der Waals surface area contributed by atoms with Crippen LogP contribution in [0.4, 0.5) is 17.3 Å². The van der Waals surface area contributed by atoms with E-state index in [0.29, 0.717) is 23.1 Å². The van der Waals surface area contributed by atoms with E-state index >= 15 is 0 Å². The molecule has 1 spiro atoms. The summed E-state index contributed by atoms with van der Waals surface area (Å²) in [5, 5.41) is 11.7. The molecule has 0 amide bonds. The Kier molecular flexibility index (Phi) is 5.15. The largest absolute Gasteiger partial charge is 0.376 e. The predicted octanol–water partition coefficient (Wildman–Crippen LogP) is 2.52. The molecule has 192 valence electrons. The molecule has 3 N–H and O–H groups in total. The molecule has 12 nitrogen and oxygen atoms in total. The molecule has 7 heterocycles. The van der Waals surface area contributed by atoms with Gasteiger partial charge in [0.25, 0.3) is 0 Å². The number of nitrogens with two attached hydrogens (primary N) is 1. The van der Waals surface area contributed by atoms with Gasteiger partial charge in [-0.05, 0) is 44.7 Å². The molecule has 0 aromatic carbocycles. The number of anilines is 3. The van der Waals surface area contributed by atoms with Crippen molar-refractivity contribution in [2.24, 2.45) is 11.1 Å². The third-order valence-electron chi connectivity index (χ3n) is 8.22. The van der Waals surface area contributed by atoms with Crippen molar-refractivity contribution in [2.45, 2.75) is 51.7 Å². The molecule has 2 fully saturated rings. The number of fused-ring (bicyclic) bond motifs is 2. The van der Waals surface area contributed by atoms with E-state index in [0.717, 1.165) is 80.5 Å². The Labute approximate surface area is 213 Å². The van der Waals surface area contributed by atoms with Gasteiger partial charge in [0.05, 0.1) is 30.3 Å². The van der Waals surface area contributed by atoms with Gasteiger partial charge in [-0.1, -0.05) is 5.16 Å². The first-order valence-corrected chi connectivity index (χ1v) is 12.9. The van der Waals surface area contributed by atoms with Crippen molar-refractivity contribution in [2.75, 3.05) is 36.0 Å². The summed E-state index contributed by atoms with van der Waals surface area (Å²) < 4.78 is 11.0. The zero-order valence-corrected chi connectivity index (χ0v) is 21.0. The summed E-state index contributed by atoms with van der Waals surface area (Å²) in [5.74, 6) is 2.65. The van der Waals surface area contributed by atoms with Gasteiger partial charge in [-0.15, -0.1) is 0 Å². The lowest BCUT2D eigenvalue weighted by Crippen LogP contribution is -2.50. The van der Waals surface area contributed by atoms with E-state index in [9.17, 15) is 0 Å². The third kappa shape index (κ3) is 3.65. The maximum absolute atomic E-state index is 6.49. The molecular weight excluding hydrogens is 472 g/mol. The fraction of sp³-hybridized carbons (Fsp3) is 0.520. The number of piperidine rings is 1. The average molecular weight is 503 g/mol. The van der Waals surface area contributed by atoms with Crippen molar-refractivity contribution < 1.29 is 9.26 Å². The molecule has 12 heteroatoms. The van der Waals surface area contributed by atoms with Crippen molar-refractivity contribution in [3.8, 4) is 11.5 Å². The number of pyridine rings is 1. The molecule has 0 unspecified atom stereocenters. The van der Waals surface area contributed by atoms with Crippen LogP contribution in [0.5, 0.6) is 0 Å². The van der Waals surface area contributed by atoms with Crippen LogP contribution in [-0.2, 0) is 11.2 Å². The van der Waals surface area contributed by atoms with E-state index in [1.165, 1.54) is 0 Å².